The Bertz CT molecular complexity index is 508. The van der Waals surface area contributed by atoms with E-state index < -0.39 is 15.8 Å². The minimum Gasteiger partial charge on any atom is -0.210 e. The number of benzene rings is 1. The predicted molar refractivity (Wildman–Crippen MR) is 46.7 cm³/mol. The van der Waals surface area contributed by atoms with Crippen LogP contribution in [0.1, 0.15) is 0 Å². The van der Waals surface area contributed by atoms with Crippen LogP contribution in [-0.2, 0) is 14.8 Å². The molecule has 0 heterocycles. The molecule has 0 aromatic heterocycles. The Morgan fingerprint density at radius 2 is 2.07 bits per heavy atom. The number of halogens is 2. The second-order valence-electron chi connectivity index (χ2n) is 2.23. The van der Waals surface area contributed by atoms with Gasteiger partial charge in [0.05, 0.1) is 9.92 Å². The van der Waals surface area contributed by atoms with Gasteiger partial charge in [-0.3, -0.25) is 0 Å². The summed E-state index contributed by atoms with van der Waals surface area (Å²) in [6.45, 7) is 0. The van der Waals surface area contributed by atoms with E-state index in [1.54, 1.807) is 0 Å². The zero-order chi connectivity index (χ0) is 10.8. The molecular weight excluding hydrogens is 233 g/mol. The first-order chi connectivity index (χ1) is 6.47. The minimum absolute atomic E-state index is 0.354. The van der Waals surface area contributed by atoms with Crippen LogP contribution in [-0.4, -0.2) is 14.5 Å². The molecule has 0 fully saturated rings. The first kappa shape index (κ1) is 10.8. The molecule has 1 rings (SSSR count). The molecule has 0 spiro atoms. The molecule has 74 valence electrons. The van der Waals surface area contributed by atoms with Gasteiger partial charge in [0.15, 0.2) is 0 Å². The van der Waals surface area contributed by atoms with E-state index in [1.807, 2.05) is 0 Å². The summed E-state index contributed by atoms with van der Waals surface area (Å²) in [6, 6.07) is 2.69. The summed E-state index contributed by atoms with van der Waals surface area (Å²) in [5, 5.41) is -0.354. The van der Waals surface area contributed by atoms with E-state index in [0.29, 0.717) is 0 Å². The molecule has 0 N–H and O–H groups in total. The molecule has 0 aliphatic carbocycles. The lowest BCUT2D eigenvalue weighted by molar-refractivity contribution is 0.563. The molecule has 4 nitrogen and oxygen atoms in total. The molecule has 0 aliphatic rings. The number of sulfonamides is 1. The highest BCUT2D eigenvalue weighted by atomic mass is 35.5. The molecule has 0 saturated heterocycles. The summed E-state index contributed by atoms with van der Waals surface area (Å²) in [7, 11) is -4.10. The predicted octanol–water partition coefficient (Wildman–Crippen LogP) is 1.50. The third-order valence-electron chi connectivity index (χ3n) is 1.35. The highest BCUT2D eigenvalue weighted by Gasteiger charge is 2.14. The molecule has 1 aromatic rings. The van der Waals surface area contributed by atoms with Gasteiger partial charge in [0.1, 0.15) is 5.82 Å². The maximum Gasteiger partial charge on any atom is 0.292 e. The molecule has 0 unspecified atom stereocenters. The van der Waals surface area contributed by atoms with Crippen LogP contribution in [0.5, 0.6) is 0 Å². The van der Waals surface area contributed by atoms with Gasteiger partial charge in [-0.25, -0.2) is 9.18 Å². The lowest BCUT2D eigenvalue weighted by atomic mass is 10.3. The smallest absolute Gasteiger partial charge is 0.210 e. The van der Waals surface area contributed by atoms with Gasteiger partial charge in [0.25, 0.3) is 16.1 Å². The van der Waals surface area contributed by atoms with Crippen LogP contribution >= 0.6 is 11.6 Å². The standard InChI is InChI=1S/C7H3ClFNO3S/c8-6-3-5(1-2-7(6)9)14(12,13)10-4-11/h1-3H. The molecule has 0 saturated carbocycles. The van der Waals surface area contributed by atoms with Crippen molar-refractivity contribution in [3.63, 3.8) is 0 Å². The Morgan fingerprint density at radius 3 is 2.57 bits per heavy atom. The van der Waals surface area contributed by atoms with Crippen LogP contribution in [0.3, 0.4) is 0 Å². The topological polar surface area (TPSA) is 63.6 Å². The summed E-state index contributed by atoms with van der Waals surface area (Å²) in [4.78, 5) is 9.41. The highest BCUT2D eigenvalue weighted by Crippen LogP contribution is 2.20. The lowest BCUT2D eigenvalue weighted by Gasteiger charge is -1.97. The molecule has 0 aliphatic heterocycles. The van der Waals surface area contributed by atoms with E-state index in [-0.39, 0.29) is 9.92 Å². The molecule has 0 amide bonds. The van der Waals surface area contributed by atoms with Crippen molar-refractivity contribution in [1.82, 2.24) is 0 Å². The monoisotopic (exact) mass is 235 g/mol. The van der Waals surface area contributed by atoms with Crippen molar-refractivity contribution < 1.29 is 17.6 Å². The van der Waals surface area contributed by atoms with Gasteiger partial charge < -0.3 is 0 Å². The maximum absolute atomic E-state index is 12.6. The summed E-state index contributed by atoms with van der Waals surface area (Å²) < 4.78 is 37.4. The Labute approximate surface area is 84.1 Å². The van der Waals surface area contributed by atoms with Gasteiger partial charge in [-0.05, 0) is 18.2 Å². The fraction of sp³-hybridized carbons (Fsp3) is 0. The van der Waals surface area contributed by atoms with Gasteiger partial charge in [0.2, 0.25) is 0 Å². The Morgan fingerprint density at radius 1 is 1.43 bits per heavy atom. The highest BCUT2D eigenvalue weighted by molar-refractivity contribution is 7.90. The van der Waals surface area contributed by atoms with Gasteiger partial charge in [-0.15, -0.1) is 0 Å². The fourth-order valence-electron chi connectivity index (χ4n) is 0.739. The van der Waals surface area contributed by atoms with Gasteiger partial charge in [0, 0.05) is 0 Å². The van der Waals surface area contributed by atoms with Gasteiger partial charge in [-0.1, -0.05) is 16.0 Å². The summed E-state index contributed by atoms with van der Waals surface area (Å²) in [6.07, 6.45) is 0.891. The number of nitrogens with zero attached hydrogens (tertiary/aromatic N) is 1. The Kier molecular flexibility index (Phi) is 3.00. The van der Waals surface area contributed by atoms with E-state index in [9.17, 15) is 17.6 Å². The zero-order valence-electron chi connectivity index (χ0n) is 6.57. The number of hydrogen-bond donors (Lipinski definition) is 0. The van der Waals surface area contributed by atoms with Crippen molar-refractivity contribution in [2.45, 2.75) is 4.90 Å². The molecule has 0 bridgehead atoms. The van der Waals surface area contributed by atoms with Crippen LogP contribution in [0, 0.1) is 5.82 Å². The van der Waals surface area contributed by atoms with Gasteiger partial charge >= 0.3 is 0 Å². The van der Waals surface area contributed by atoms with Crippen LogP contribution in [0.2, 0.25) is 5.02 Å². The van der Waals surface area contributed by atoms with Crippen molar-refractivity contribution in [2.24, 2.45) is 4.40 Å². The fourth-order valence-corrected chi connectivity index (χ4v) is 1.69. The van der Waals surface area contributed by atoms with Crippen molar-refractivity contribution in [3.05, 3.63) is 29.0 Å². The van der Waals surface area contributed by atoms with E-state index >= 15 is 0 Å². The van der Waals surface area contributed by atoms with E-state index in [2.05, 4.69) is 4.40 Å². The third-order valence-corrected chi connectivity index (χ3v) is 2.80. The molecule has 0 atom stereocenters. The minimum atomic E-state index is -4.10. The number of carbonyl (C=O) groups excluding carboxylic acids is 1. The average molecular weight is 236 g/mol. The van der Waals surface area contributed by atoms with E-state index in [4.69, 9.17) is 11.6 Å². The number of rotatable bonds is 2. The Hall–Kier alpha value is -1.23. The number of hydrogen-bond acceptors (Lipinski definition) is 3. The summed E-state index contributed by atoms with van der Waals surface area (Å²) in [5.41, 5.74) is 0. The summed E-state index contributed by atoms with van der Waals surface area (Å²) >= 11 is 5.34. The largest absolute Gasteiger partial charge is 0.292 e. The SMILES string of the molecule is O=C=NS(=O)(=O)c1ccc(F)c(Cl)c1. The van der Waals surface area contributed by atoms with Crippen molar-refractivity contribution in [2.75, 3.05) is 0 Å². The molecule has 14 heavy (non-hydrogen) atoms. The second kappa shape index (κ2) is 3.88. The molecule has 7 heteroatoms. The first-order valence-electron chi connectivity index (χ1n) is 3.26. The zero-order valence-corrected chi connectivity index (χ0v) is 8.14. The van der Waals surface area contributed by atoms with E-state index in [0.717, 1.165) is 24.3 Å². The quantitative estimate of drug-likeness (QED) is 0.576. The first-order valence-corrected chi connectivity index (χ1v) is 5.08. The van der Waals surface area contributed by atoms with Crippen LogP contribution in [0.25, 0.3) is 0 Å². The van der Waals surface area contributed by atoms with Crippen LogP contribution in [0.15, 0.2) is 27.5 Å². The molecule has 1 aromatic carbocycles. The van der Waals surface area contributed by atoms with Crippen molar-refractivity contribution >= 4 is 27.7 Å². The third kappa shape index (κ3) is 2.17. The molecular formula is C7H3ClFNO3S. The lowest BCUT2D eigenvalue weighted by Crippen LogP contribution is -1.96. The van der Waals surface area contributed by atoms with Crippen molar-refractivity contribution in [1.29, 1.82) is 0 Å². The van der Waals surface area contributed by atoms with E-state index in [1.165, 1.54) is 0 Å². The van der Waals surface area contributed by atoms with Gasteiger partial charge in [-0.2, -0.15) is 8.42 Å². The normalized spacial score (nSPS) is 10.7. The maximum atomic E-state index is 12.6. The van der Waals surface area contributed by atoms with Crippen LogP contribution in [0.4, 0.5) is 4.39 Å². The summed E-state index contributed by atoms with van der Waals surface area (Å²) in [5.74, 6) is -0.749. The molecule has 0 radical (unpaired) electrons. The second-order valence-corrected chi connectivity index (χ2v) is 4.24. The Balaban J connectivity index is 3.35. The number of isocyanates is 1. The average Bonchev–Trinajstić information content (AvgIpc) is 2.09. The van der Waals surface area contributed by atoms with Crippen LogP contribution < -0.4 is 0 Å². The van der Waals surface area contributed by atoms with Crippen molar-refractivity contribution in [3.8, 4) is 0 Å².